The maximum atomic E-state index is 12.0. The molecule has 0 atom stereocenters. The van der Waals surface area contributed by atoms with Crippen molar-refractivity contribution >= 4 is 6.08 Å². The highest BCUT2D eigenvalue weighted by molar-refractivity contribution is 5.61. The summed E-state index contributed by atoms with van der Waals surface area (Å²) >= 11 is 0. The van der Waals surface area contributed by atoms with Crippen molar-refractivity contribution in [3.8, 4) is 6.07 Å². The van der Waals surface area contributed by atoms with Gasteiger partial charge in [0.2, 0.25) is 0 Å². The average Bonchev–Trinajstić information content (AvgIpc) is 2.32. The first kappa shape index (κ1) is 11.8. The molecule has 0 unspecified atom stereocenters. The zero-order valence-corrected chi connectivity index (χ0v) is 9.69. The van der Waals surface area contributed by atoms with Crippen LogP contribution < -0.4 is 0 Å². The molecule has 0 aromatic heterocycles. The summed E-state index contributed by atoms with van der Waals surface area (Å²) < 4.78 is 12.0. The lowest BCUT2D eigenvalue weighted by Gasteiger charge is -2.33. The fourth-order valence-corrected chi connectivity index (χ4v) is 2.01. The van der Waals surface area contributed by atoms with Crippen molar-refractivity contribution in [1.82, 2.24) is 4.90 Å². The van der Waals surface area contributed by atoms with Gasteiger partial charge in [-0.05, 0) is 23.6 Å². The molecule has 0 spiro atoms. The molecule has 1 fully saturated rings. The molecule has 1 aromatic carbocycles. The van der Waals surface area contributed by atoms with Crippen LogP contribution >= 0.6 is 0 Å². The number of nitriles is 1. The van der Waals surface area contributed by atoms with Crippen molar-refractivity contribution in [1.29, 1.82) is 5.26 Å². The summed E-state index contributed by atoms with van der Waals surface area (Å²) in [5, 5.41) is 8.96. The number of rotatable bonds is 4. The van der Waals surface area contributed by atoms with E-state index in [1.807, 2.05) is 24.3 Å². The predicted octanol–water partition coefficient (Wildman–Crippen LogP) is 2.62. The summed E-state index contributed by atoms with van der Waals surface area (Å²) in [6.45, 7) is 2.39. The number of benzene rings is 1. The lowest BCUT2D eigenvalue weighted by Crippen LogP contribution is -2.40. The Kier molecular flexibility index (Phi) is 3.89. The predicted molar refractivity (Wildman–Crippen MR) is 66.2 cm³/mol. The van der Waals surface area contributed by atoms with Crippen LogP contribution in [0.2, 0.25) is 0 Å². The SMILES string of the molecule is N#Cc1ccccc1C=C1CN(CCCF)C1. The van der Waals surface area contributed by atoms with Crippen LogP contribution in [0.4, 0.5) is 4.39 Å². The van der Waals surface area contributed by atoms with Gasteiger partial charge in [0, 0.05) is 19.6 Å². The van der Waals surface area contributed by atoms with E-state index in [-0.39, 0.29) is 6.67 Å². The molecule has 1 aromatic rings. The van der Waals surface area contributed by atoms with Crippen LogP contribution in [0, 0.1) is 11.3 Å². The summed E-state index contributed by atoms with van der Waals surface area (Å²) in [5.41, 5.74) is 3.00. The Morgan fingerprint density at radius 1 is 1.35 bits per heavy atom. The van der Waals surface area contributed by atoms with Crippen LogP contribution in [-0.4, -0.2) is 31.2 Å². The van der Waals surface area contributed by atoms with Crippen molar-refractivity contribution in [3.05, 3.63) is 41.0 Å². The van der Waals surface area contributed by atoms with Crippen molar-refractivity contribution in [2.75, 3.05) is 26.3 Å². The van der Waals surface area contributed by atoms with Gasteiger partial charge in [0.1, 0.15) is 0 Å². The average molecular weight is 230 g/mol. The largest absolute Gasteiger partial charge is 0.295 e. The third-order valence-corrected chi connectivity index (χ3v) is 2.90. The number of alkyl halides is 1. The molecule has 0 aliphatic carbocycles. The highest BCUT2D eigenvalue weighted by Gasteiger charge is 2.19. The van der Waals surface area contributed by atoms with E-state index in [2.05, 4.69) is 17.0 Å². The molecular formula is C14H15FN2. The van der Waals surface area contributed by atoms with Gasteiger partial charge in [0.25, 0.3) is 0 Å². The molecule has 0 amide bonds. The fourth-order valence-electron chi connectivity index (χ4n) is 2.01. The third-order valence-electron chi connectivity index (χ3n) is 2.90. The van der Waals surface area contributed by atoms with E-state index in [0.717, 1.165) is 25.2 Å². The van der Waals surface area contributed by atoms with Gasteiger partial charge in [-0.25, -0.2) is 0 Å². The number of nitrogens with zero attached hydrogens (tertiary/aromatic N) is 2. The highest BCUT2D eigenvalue weighted by Crippen LogP contribution is 2.19. The molecule has 17 heavy (non-hydrogen) atoms. The minimum absolute atomic E-state index is 0.243. The van der Waals surface area contributed by atoms with Crippen LogP contribution in [0.1, 0.15) is 17.5 Å². The second-order valence-corrected chi connectivity index (χ2v) is 4.25. The first-order valence-electron chi connectivity index (χ1n) is 5.80. The maximum Gasteiger partial charge on any atom is 0.0997 e. The van der Waals surface area contributed by atoms with E-state index >= 15 is 0 Å². The Morgan fingerprint density at radius 3 is 2.82 bits per heavy atom. The Bertz CT molecular complexity index is 452. The molecule has 2 nitrogen and oxygen atoms in total. The van der Waals surface area contributed by atoms with E-state index in [1.54, 1.807) is 0 Å². The monoisotopic (exact) mass is 230 g/mol. The van der Waals surface area contributed by atoms with Crippen LogP contribution in [-0.2, 0) is 0 Å². The molecule has 2 rings (SSSR count). The standard InChI is InChI=1S/C14H15FN2/c15-6-3-7-17-10-12(11-17)8-13-4-1-2-5-14(13)9-16/h1-2,4-5,8H,3,6-7,10-11H2. The van der Waals surface area contributed by atoms with Gasteiger partial charge in [-0.3, -0.25) is 9.29 Å². The third kappa shape index (κ3) is 2.92. The van der Waals surface area contributed by atoms with E-state index in [0.29, 0.717) is 12.0 Å². The Hall–Kier alpha value is -1.66. The van der Waals surface area contributed by atoms with Crippen molar-refractivity contribution in [3.63, 3.8) is 0 Å². The molecule has 1 heterocycles. The lowest BCUT2D eigenvalue weighted by molar-refractivity contribution is 0.239. The van der Waals surface area contributed by atoms with Gasteiger partial charge in [-0.2, -0.15) is 5.26 Å². The molecule has 3 heteroatoms. The molecule has 1 saturated heterocycles. The van der Waals surface area contributed by atoms with E-state index in [1.165, 1.54) is 5.57 Å². The number of hydrogen-bond donors (Lipinski definition) is 0. The minimum Gasteiger partial charge on any atom is -0.295 e. The zero-order valence-electron chi connectivity index (χ0n) is 9.69. The normalized spacial score (nSPS) is 15.2. The van der Waals surface area contributed by atoms with Crippen molar-refractivity contribution in [2.24, 2.45) is 0 Å². The van der Waals surface area contributed by atoms with E-state index in [9.17, 15) is 4.39 Å². The summed E-state index contributed by atoms with van der Waals surface area (Å²) in [5.74, 6) is 0. The summed E-state index contributed by atoms with van der Waals surface area (Å²) in [7, 11) is 0. The van der Waals surface area contributed by atoms with Crippen LogP contribution in [0.5, 0.6) is 0 Å². The molecular weight excluding hydrogens is 215 g/mol. The first-order chi connectivity index (χ1) is 8.33. The Balaban J connectivity index is 1.96. The molecule has 0 radical (unpaired) electrons. The van der Waals surface area contributed by atoms with Crippen molar-refractivity contribution < 1.29 is 4.39 Å². The summed E-state index contributed by atoms with van der Waals surface area (Å²) in [6.07, 6.45) is 2.69. The maximum absolute atomic E-state index is 12.0. The van der Waals surface area contributed by atoms with Gasteiger partial charge in [-0.15, -0.1) is 0 Å². The molecule has 1 aliphatic rings. The smallest absolute Gasteiger partial charge is 0.0997 e. The minimum atomic E-state index is -0.243. The Labute approximate surface area is 101 Å². The van der Waals surface area contributed by atoms with Gasteiger partial charge in [0.15, 0.2) is 0 Å². The lowest BCUT2D eigenvalue weighted by atomic mass is 10.0. The van der Waals surface area contributed by atoms with Gasteiger partial charge < -0.3 is 0 Å². The molecule has 0 bridgehead atoms. The van der Waals surface area contributed by atoms with E-state index < -0.39 is 0 Å². The summed E-state index contributed by atoms with van der Waals surface area (Å²) in [4.78, 5) is 2.21. The highest BCUT2D eigenvalue weighted by atomic mass is 19.1. The zero-order chi connectivity index (χ0) is 12.1. The van der Waals surface area contributed by atoms with Gasteiger partial charge in [-0.1, -0.05) is 24.3 Å². The molecule has 1 aliphatic heterocycles. The Morgan fingerprint density at radius 2 is 2.12 bits per heavy atom. The van der Waals surface area contributed by atoms with Gasteiger partial charge in [0.05, 0.1) is 18.3 Å². The number of hydrogen-bond acceptors (Lipinski definition) is 2. The fraction of sp³-hybridized carbons (Fsp3) is 0.357. The molecule has 88 valence electrons. The molecule has 0 N–H and O–H groups in total. The second kappa shape index (κ2) is 5.60. The second-order valence-electron chi connectivity index (χ2n) is 4.25. The number of halogens is 1. The topological polar surface area (TPSA) is 27.0 Å². The number of likely N-dealkylation sites (tertiary alicyclic amines) is 1. The first-order valence-corrected chi connectivity index (χ1v) is 5.80. The van der Waals surface area contributed by atoms with Crippen LogP contribution in [0.15, 0.2) is 29.8 Å². The quantitative estimate of drug-likeness (QED) is 0.795. The van der Waals surface area contributed by atoms with Crippen LogP contribution in [0.25, 0.3) is 6.08 Å². The van der Waals surface area contributed by atoms with E-state index in [4.69, 9.17) is 5.26 Å². The molecule has 0 saturated carbocycles. The van der Waals surface area contributed by atoms with Crippen molar-refractivity contribution in [2.45, 2.75) is 6.42 Å². The van der Waals surface area contributed by atoms with Gasteiger partial charge >= 0.3 is 0 Å². The van der Waals surface area contributed by atoms with Crippen LogP contribution in [0.3, 0.4) is 0 Å². The summed E-state index contributed by atoms with van der Waals surface area (Å²) in [6, 6.07) is 9.77.